The molecule has 0 fully saturated rings. The third-order valence-electron chi connectivity index (χ3n) is 5.14. The van der Waals surface area contributed by atoms with Gasteiger partial charge in [-0.3, -0.25) is 9.59 Å². The van der Waals surface area contributed by atoms with Crippen LogP contribution >= 0.6 is 11.6 Å². The largest absolute Gasteiger partial charge is 0.454 e. The van der Waals surface area contributed by atoms with E-state index in [9.17, 15) is 9.59 Å². The fourth-order valence-electron chi connectivity index (χ4n) is 3.46. The molecule has 35 heavy (non-hydrogen) atoms. The van der Waals surface area contributed by atoms with Crippen molar-refractivity contribution >= 4 is 46.9 Å². The normalized spacial score (nSPS) is 13.4. The Morgan fingerprint density at radius 2 is 1.17 bits per heavy atom. The van der Waals surface area contributed by atoms with Crippen LogP contribution in [-0.2, 0) is 9.59 Å². The van der Waals surface area contributed by atoms with Gasteiger partial charge >= 0.3 is 0 Å². The van der Waals surface area contributed by atoms with Gasteiger partial charge in [0.2, 0.25) is 25.4 Å². The van der Waals surface area contributed by atoms with E-state index in [1.54, 1.807) is 54.6 Å². The van der Waals surface area contributed by atoms with E-state index < -0.39 is 5.91 Å². The van der Waals surface area contributed by atoms with Crippen molar-refractivity contribution in [3.8, 4) is 23.0 Å². The lowest BCUT2D eigenvalue weighted by atomic mass is 10.2. The Hall–Kier alpha value is -4.43. The van der Waals surface area contributed by atoms with Crippen molar-refractivity contribution in [2.24, 2.45) is 0 Å². The molecule has 0 aromatic heterocycles. The number of carbonyl (C=O) groups excluding carboxylic acids is 2. The summed E-state index contributed by atoms with van der Waals surface area (Å²) < 4.78 is 21.3. The highest BCUT2D eigenvalue weighted by Crippen LogP contribution is 2.34. The van der Waals surface area contributed by atoms with Gasteiger partial charge in [-0.15, -0.1) is 0 Å². The molecule has 2 N–H and O–H groups in total. The second-order valence-corrected chi connectivity index (χ2v) is 8.00. The van der Waals surface area contributed by atoms with Crippen LogP contribution < -0.4 is 29.6 Å². The number of hydrogen-bond acceptors (Lipinski definition) is 6. The van der Waals surface area contributed by atoms with Gasteiger partial charge in [0, 0.05) is 17.2 Å². The maximum absolute atomic E-state index is 12.5. The monoisotopic (exact) mass is 490 g/mol. The summed E-state index contributed by atoms with van der Waals surface area (Å²) in [7, 11) is 0. The summed E-state index contributed by atoms with van der Waals surface area (Å²) in [4.78, 5) is 25.0. The lowest BCUT2D eigenvalue weighted by Gasteiger charge is -2.11. The number of hydrogen-bond donors (Lipinski definition) is 2. The van der Waals surface area contributed by atoms with Gasteiger partial charge in [0.15, 0.2) is 23.0 Å². The standard InChI is InChI=1S/C26H19ClN2O6/c27-18-5-6-19(28-25(30)9-3-16-1-7-21-23(11-16)34-14-32-21)20(13-18)29-26(31)10-4-17-2-8-22-24(12-17)35-15-33-22/h1-13H,14-15H2,(H,28,30)(H,29,31). The molecule has 2 aliphatic rings. The summed E-state index contributed by atoms with van der Waals surface area (Å²) >= 11 is 6.11. The van der Waals surface area contributed by atoms with E-state index in [0.29, 0.717) is 39.4 Å². The van der Waals surface area contributed by atoms with E-state index in [1.807, 2.05) is 12.1 Å². The average molecular weight is 491 g/mol. The van der Waals surface area contributed by atoms with Crippen LogP contribution in [0.4, 0.5) is 11.4 Å². The molecule has 0 saturated heterocycles. The van der Waals surface area contributed by atoms with Gasteiger partial charge in [-0.1, -0.05) is 23.7 Å². The zero-order valence-electron chi connectivity index (χ0n) is 18.2. The fraction of sp³-hybridized carbons (Fsp3) is 0.0769. The second-order valence-electron chi connectivity index (χ2n) is 7.56. The van der Waals surface area contributed by atoms with Crippen LogP contribution in [0.5, 0.6) is 23.0 Å². The van der Waals surface area contributed by atoms with Crippen LogP contribution in [0.2, 0.25) is 5.02 Å². The summed E-state index contributed by atoms with van der Waals surface area (Å²) in [5.41, 5.74) is 2.32. The first-order valence-electron chi connectivity index (χ1n) is 10.6. The number of halogens is 1. The van der Waals surface area contributed by atoms with Crippen molar-refractivity contribution in [1.82, 2.24) is 0 Å². The van der Waals surface area contributed by atoms with Crippen molar-refractivity contribution in [3.05, 3.63) is 82.9 Å². The Balaban J connectivity index is 1.24. The number of ether oxygens (including phenoxy) is 4. The molecule has 2 amide bonds. The Kier molecular flexibility index (Phi) is 6.28. The second kappa shape index (κ2) is 9.82. The van der Waals surface area contributed by atoms with Gasteiger partial charge in [-0.2, -0.15) is 0 Å². The maximum Gasteiger partial charge on any atom is 0.248 e. The van der Waals surface area contributed by atoms with Gasteiger partial charge < -0.3 is 29.6 Å². The smallest absolute Gasteiger partial charge is 0.248 e. The third kappa shape index (κ3) is 5.39. The third-order valence-corrected chi connectivity index (χ3v) is 5.38. The van der Waals surface area contributed by atoms with Gasteiger partial charge in [-0.05, 0) is 65.7 Å². The average Bonchev–Trinajstić information content (AvgIpc) is 3.51. The summed E-state index contributed by atoms with van der Waals surface area (Å²) in [6, 6.07) is 15.6. The van der Waals surface area contributed by atoms with E-state index in [-0.39, 0.29) is 19.5 Å². The number of rotatable bonds is 6. The number of carbonyl (C=O) groups is 2. The lowest BCUT2D eigenvalue weighted by Crippen LogP contribution is -2.13. The zero-order chi connectivity index (χ0) is 24.2. The minimum atomic E-state index is -0.392. The first kappa shape index (κ1) is 22.4. The van der Waals surface area contributed by atoms with E-state index >= 15 is 0 Å². The zero-order valence-corrected chi connectivity index (χ0v) is 19.0. The van der Waals surface area contributed by atoms with Gasteiger partial charge in [0.1, 0.15) is 0 Å². The molecule has 0 atom stereocenters. The lowest BCUT2D eigenvalue weighted by molar-refractivity contribution is -0.112. The number of benzene rings is 3. The first-order chi connectivity index (χ1) is 17.0. The number of fused-ring (bicyclic) bond motifs is 2. The minimum absolute atomic E-state index is 0.179. The molecule has 2 heterocycles. The highest BCUT2D eigenvalue weighted by atomic mass is 35.5. The molecule has 0 unspecified atom stereocenters. The Labute approximate surface area is 205 Å². The molecule has 9 heteroatoms. The number of anilines is 2. The van der Waals surface area contributed by atoms with Crippen molar-refractivity contribution < 1.29 is 28.5 Å². The van der Waals surface area contributed by atoms with Crippen molar-refractivity contribution in [2.75, 3.05) is 24.2 Å². The molecule has 176 valence electrons. The molecule has 0 spiro atoms. The molecule has 0 bridgehead atoms. The van der Waals surface area contributed by atoms with Gasteiger partial charge in [-0.25, -0.2) is 0 Å². The summed E-state index contributed by atoms with van der Waals surface area (Å²) in [6.45, 7) is 0.359. The van der Waals surface area contributed by atoms with Crippen LogP contribution in [-0.4, -0.2) is 25.4 Å². The molecule has 3 aromatic rings. The molecule has 8 nitrogen and oxygen atoms in total. The van der Waals surface area contributed by atoms with Gasteiger partial charge in [0.25, 0.3) is 0 Å². The van der Waals surface area contributed by atoms with E-state index in [2.05, 4.69) is 10.6 Å². The highest BCUT2D eigenvalue weighted by Gasteiger charge is 2.14. The van der Waals surface area contributed by atoms with Crippen LogP contribution in [0, 0.1) is 0 Å². The molecule has 2 aliphatic heterocycles. The quantitative estimate of drug-likeness (QED) is 0.467. The molecule has 0 saturated carbocycles. The predicted molar refractivity (Wildman–Crippen MR) is 132 cm³/mol. The number of amides is 2. The predicted octanol–water partition coefficient (Wildman–Crippen LogP) is 5.10. The topological polar surface area (TPSA) is 95.1 Å². The highest BCUT2D eigenvalue weighted by molar-refractivity contribution is 6.31. The maximum atomic E-state index is 12.5. The van der Waals surface area contributed by atoms with Crippen LogP contribution in [0.3, 0.4) is 0 Å². The van der Waals surface area contributed by atoms with Crippen molar-refractivity contribution in [3.63, 3.8) is 0 Å². The fourth-order valence-corrected chi connectivity index (χ4v) is 3.63. The molecular formula is C26H19ClN2O6. The number of nitrogens with one attached hydrogen (secondary N) is 2. The van der Waals surface area contributed by atoms with Crippen molar-refractivity contribution in [1.29, 1.82) is 0 Å². The molecule has 0 aliphatic carbocycles. The van der Waals surface area contributed by atoms with Crippen LogP contribution in [0.1, 0.15) is 11.1 Å². The molecular weight excluding hydrogens is 472 g/mol. The van der Waals surface area contributed by atoms with E-state index in [4.69, 9.17) is 30.5 Å². The Morgan fingerprint density at radius 3 is 1.74 bits per heavy atom. The van der Waals surface area contributed by atoms with Crippen molar-refractivity contribution in [2.45, 2.75) is 0 Å². The SMILES string of the molecule is O=C(C=Cc1ccc2c(c1)OCO2)Nc1ccc(Cl)cc1NC(=O)C=Cc1ccc2c(c1)OCO2. The van der Waals surface area contributed by atoms with Crippen LogP contribution in [0.25, 0.3) is 12.2 Å². The van der Waals surface area contributed by atoms with Gasteiger partial charge in [0.05, 0.1) is 11.4 Å². The molecule has 3 aromatic carbocycles. The first-order valence-corrected chi connectivity index (χ1v) is 11.0. The molecule has 5 rings (SSSR count). The Morgan fingerprint density at radius 1 is 0.657 bits per heavy atom. The Bertz CT molecular complexity index is 1370. The van der Waals surface area contributed by atoms with E-state index in [0.717, 1.165) is 11.1 Å². The minimum Gasteiger partial charge on any atom is -0.454 e. The summed E-state index contributed by atoms with van der Waals surface area (Å²) in [5, 5.41) is 5.92. The summed E-state index contributed by atoms with van der Waals surface area (Å²) in [5.74, 6) is 1.82. The summed E-state index contributed by atoms with van der Waals surface area (Å²) in [6.07, 6.45) is 6.06. The molecule has 0 radical (unpaired) electrons. The van der Waals surface area contributed by atoms with Crippen LogP contribution in [0.15, 0.2) is 66.7 Å². The van der Waals surface area contributed by atoms with E-state index in [1.165, 1.54) is 12.2 Å².